The summed E-state index contributed by atoms with van der Waals surface area (Å²) in [6.07, 6.45) is -3.08. The normalized spacial score (nSPS) is 25.2. The summed E-state index contributed by atoms with van der Waals surface area (Å²) in [5.41, 5.74) is 1.81. The van der Waals surface area contributed by atoms with E-state index in [0.717, 1.165) is 22.4 Å². The number of carbonyl (C=O) groups excluding carboxylic acids is 1. The van der Waals surface area contributed by atoms with Crippen LogP contribution in [0.15, 0.2) is 18.2 Å². The molecule has 1 amide bonds. The van der Waals surface area contributed by atoms with Crippen molar-refractivity contribution in [2.45, 2.75) is 37.4 Å². The maximum absolute atomic E-state index is 12.7. The van der Waals surface area contributed by atoms with Crippen molar-refractivity contribution in [2.75, 3.05) is 6.54 Å². The molecule has 0 radical (unpaired) electrons. The molecule has 0 saturated carbocycles. The topological polar surface area (TPSA) is 40.5 Å². The summed E-state index contributed by atoms with van der Waals surface area (Å²) in [7, 11) is 0. The van der Waals surface area contributed by atoms with Crippen LogP contribution in [0.2, 0.25) is 0 Å². The molecule has 0 aromatic heterocycles. The van der Waals surface area contributed by atoms with Crippen LogP contribution in [0.25, 0.3) is 0 Å². The van der Waals surface area contributed by atoms with Gasteiger partial charge in [-0.3, -0.25) is 4.79 Å². The molecule has 0 bridgehead atoms. The lowest BCUT2D eigenvalue weighted by Crippen LogP contribution is -2.51. The van der Waals surface area contributed by atoms with Crippen LogP contribution in [-0.4, -0.2) is 34.7 Å². The van der Waals surface area contributed by atoms with Crippen molar-refractivity contribution in [3.05, 3.63) is 29.3 Å². The minimum absolute atomic E-state index is 0.0999. The van der Waals surface area contributed by atoms with Crippen LogP contribution in [0.5, 0.6) is 5.75 Å². The van der Waals surface area contributed by atoms with E-state index in [4.69, 9.17) is 0 Å². The summed E-state index contributed by atoms with van der Waals surface area (Å²) in [5.74, 6) is -1.73. The molecule has 3 nitrogen and oxygen atoms in total. The lowest BCUT2D eigenvalue weighted by molar-refractivity contribution is -0.189. The van der Waals surface area contributed by atoms with Gasteiger partial charge in [0.15, 0.2) is 0 Å². The third kappa shape index (κ3) is 2.03. The van der Waals surface area contributed by atoms with E-state index < -0.39 is 18.1 Å². The highest BCUT2D eigenvalue weighted by Crippen LogP contribution is 2.44. The van der Waals surface area contributed by atoms with Crippen molar-refractivity contribution >= 4 is 5.91 Å². The number of likely N-dealkylation sites (tertiary alicyclic amines) is 1. The molecule has 1 N–H and O–H groups in total. The number of benzene rings is 1. The summed E-state index contributed by atoms with van der Waals surface area (Å²) < 4.78 is 38.0. The monoisotopic (exact) mass is 285 g/mol. The van der Waals surface area contributed by atoms with Gasteiger partial charge in [0.2, 0.25) is 0 Å². The number of nitrogens with zero attached hydrogens (tertiary/aromatic N) is 1. The van der Waals surface area contributed by atoms with Crippen molar-refractivity contribution < 1.29 is 23.1 Å². The number of phenols is 1. The summed E-state index contributed by atoms with van der Waals surface area (Å²) in [4.78, 5) is 12.5. The standard InChI is InChI=1S/C14H14F3NO2/c15-14(16,17)13(20)18-5-1-2-10-11-7-9(19)4-3-8(11)6-12(10)18/h3-4,7,10,12,19H,1-2,5-6H2/t10?,12-/m0/s1. The van der Waals surface area contributed by atoms with Gasteiger partial charge in [-0.25, -0.2) is 0 Å². The maximum atomic E-state index is 12.7. The molecule has 3 rings (SSSR count). The largest absolute Gasteiger partial charge is 0.508 e. The molecule has 2 aliphatic rings. The molecule has 1 aliphatic carbocycles. The van der Waals surface area contributed by atoms with Gasteiger partial charge in [-0.05, 0) is 42.5 Å². The number of phenolic OH excluding ortho intramolecular Hbond substituents is 1. The lowest BCUT2D eigenvalue weighted by atomic mass is 9.88. The van der Waals surface area contributed by atoms with Gasteiger partial charge in [0.25, 0.3) is 0 Å². The van der Waals surface area contributed by atoms with Crippen molar-refractivity contribution in [1.82, 2.24) is 4.90 Å². The molecule has 1 heterocycles. The number of aromatic hydroxyl groups is 1. The zero-order chi connectivity index (χ0) is 14.5. The second-order valence-electron chi connectivity index (χ2n) is 5.40. The fraction of sp³-hybridized carbons (Fsp3) is 0.500. The van der Waals surface area contributed by atoms with E-state index in [2.05, 4.69) is 0 Å². The number of fused-ring (bicyclic) bond motifs is 3. The summed E-state index contributed by atoms with van der Waals surface area (Å²) in [6.45, 7) is 0.152. The molecule has 1 unspecified atom stereocenters. The quantitative estimate of drug-likeness (QED) is 0.796. The van der Waals surface area contributed by atoms with E-state index in [9.17, 15) is 23.1 Å². The zero-order valence-corrected chi connectivity index (χ0v) is 10.7. The van der Waals surface area contributed by atoms with E-state index in [-0.39, 0.29) is 18.2 Å². The molecule has 1 saturated heterocycles. The molecule has 108 valence electrons. The van der Waals surface area contributed by atoms with Crippen molar-refractivity contribution in [1.29, 1.82) is 0 Å². The number of hydrogen-bond acceptors (Lipinski definition) is 2. The van der Waals surface area contributed by atoms with Crippen LogP contribution in [0.1, 0.15) is 29.9 Å². The third-order valence-electron chi connectivity index (χ3n) is 4.24. The number of hydrogen-bond donors (Lipinski definition) is 1. The molecule has 1 fully saturated rings. The Morgan fingerprint density at radius 1 is 1.35 bits per heavy atom. The second kappa shape index (κ2) is 4.40. The number of halogens is 3. The van der Waals surface area contributed by atoms with Gasteiger partial charge in [-0.15, -0.1) is 0 Å². The lowest BCUT2D eigenvalue weighted by Gasteiger charge is -2.38. The van der Waals surface area contributed by atoms with Gasteiger partial charge in [0, 0.05) is 18.5 Å². The molecular weight excluding hydrogens is 271 g/mol. The summed E-state index contributed by atoms with van der Waals surface area (Å²) in [6, 6.07) is 4.45. The highest BCUT2D eigenvalue weighted by Gasteiger charge is 2.49. The van der Waals surface area contributed by atoms with Crippen LogP contribution in [0.3, 0.4) is 0 Å². The summed E-state index contributed by atoms with van der Waals surface area (Å²) >= 11 is 0. The number of amides is 1. The van der Waals surface area contributed by atoms with E-state index >= 15 is 0 Å². The Morgan fingerprint density at radius 3 is 2.80 bits per heavy atom. The fourth-order valence-corrected chi connectivity index (χ4v) is 3.43. The van der Waals surface area contributed by atoms with Gasteiger partial charge < -0.3 is 10.0 Å². The van der Waals surface area contributed by atoms with Crippen LogP contribution in [-0.2, 0) is 11.2 Å². The van der Waals surface area contributed by atoms with E-state index in [1.807, 2.05) is 0 Å². The predicted molar refractivity (Wildman–Crippen MR) is 65.3 cm³/mol. The minimum Gasteiger partial charge on any atom is -0.508 e. The highest BCUT2D eigenvalue weighted by atomic mass is 19.4. The number of alkyl halides is 3. The van der Waals surface area contributed by atoms with E-state index in [1.165, 1.54) is 6.07 Å². The Morgan fingerprint density at radius 2 is 2.10 bits per heavy atom. The van der Waals surface area contributed by atoms with Gasteiger partial charge in [0.1, 0.15) is 5.75 Å². The van der Waals surface area contributed by atoms with Crippen molar-refractivity contribution in [3.63, 3.8) is 0 Å². The molecule has 2 atom stereocenters. The maximum Gasteiger partial charge on any atom is 0.471 e. The fourth-order valence-electron chi connectivity index (χ4n) is 3.43. The smallest absolute Gasteiger partial charge is 0.471 e. The highest BCUT2D eigenvalue weighted by molar-refractivity contribution is 5.82. The molecular formula is C14H14F3NO2. The molecule has 0 spiro atoms. The first-order valence-corrected chi connectivity index (χ1v) is 6.57. The van der Waals surface area contributed by atoms with Crippen molar-refractivity contribution in [3.8, 4) is 5.75 Å². The Kier molecular flexibility index (Phi) is 2.92. The van der Waals surface area contributed by atoms with Crippen LogP contribution < -0.4 is 0 Å². The number of carbonyl (C=O) groups is 1. The Balaban J connectivity index is 1.92. The summed E-state index contributed by atoms with van der Waals surface area (Å²) in [5, 5.41) is 9.53. The third-order valence-corrected chi connectivity index (χ3v) is 4.24. The first-order valence-electron chi connectivity index (χ1n) is 6.57. The average Bonchev–Trinajstić information content (AvgIpc) is 2.74. The van der Waals surface area contributed by atoms with Crippen LogP contribution in [0, 0.1) is 0 Å². The van der Waals surface area contributed by atoms with E-state index in [0.29, 0.717) is 12.8 Å². The predicted octanol–water partition coefficient (Wildman–Crippen LogP) is 2.59. The van der Waals surface area contributed by atoms with Crippen LogP contribution in [0.4, 0.5) is 13.2 Å². The molecule has 20 heavy (non-hydrogen) atoms. The first-order chi connectivity index (χ1) is 9.38. The molecule has 1 aromatic rings. The second-order valence-corrected chi connectivity index (χ2v) is 5.40. The Labute approximate surface area is 114 Å². The Bertz CT molecular complexity index is 556. The van der Waals surface area contributed by atoms with Gasteiger partial charge in [0.05, 0.1) is 0 Å². The zero-order valence-electron chi connectivity index (χ0n) is 10.7. The van der Waals surface area contributed by atoms with Gasteiger partial charge >= 0.3 is 12.1 Å². The molecule has 1 aliphatic heterocycles. The number of piperidine rings is 1. The van der Waals surface area contributed by atoms with Crippen molar-refractivity contribution in [2.24, 2.45) is 0 Å². The average molecular weight is 285 g/mol. The first kappa shape index (κ1) is 13.3. The Hall–Kier alpha value is -1.72. The van der Waals surface area contributed by atoms with Crippen LogP contribution >= 0.6 is 0 Å². The minimum atomic E-state index is -4.82. The van der Waals surface area contributed by atoms with Gasteiger partial charge in [-0.2, -0.15) is 13.2 Å². The van der Waals surface area contributed by atoms with E-state index in [1.54, 1.807) is 12.1 Å². The van der Waals surface area contributed by atoms with Gasteiger partial charge in [-0.1, -0.05) is 6.07 Å². The number of rotatable bonds is 0. The SMILES string of the molecule is O=C(N1CCCC2c3cc(O)ccc3C[C@@H]21)C(F)(F)F. The molecule has 1 aromatic carbocycles. The molecule has 6 heteroatoms.